The molecule has 0 spiro atoms. The largest absolute Gasteiger partial charge is 0.293 e. The Morgan fingerprint density at radius 1 is 1.08 bits per heavy atom. The Kier molecular flexibility index (Phi) is 6.63. The molecular formula is C27H30FN5O2S. The summed E-state index contributed by atoms with van der Waals surface area (Å²) in [6.07, 6.45) is 3.32. The number of nitrogens with zero attached hydrogens (tertiary/aromatic N) is 5. The molecule has 0 radical (unpaired) electrons. The van der Waals surface area contributed by atoms with Crippen LogP contribution in [0.2, 0.25) is 0 Å². The molecule has 3 heterocycles. The number of benzene rings is 2. The average molecular weight is 508 g/mol. The molecule has 2 aromatic carbocycles. The van der Waals surface area contributed by atoms with Crippen molar-refractivity contribution < 1.29 is 12.8 Å². The van der Waals surface area contributed by atoms with Gasteiger partial charge in [-0.2, -0.15) is 9.40 Å². The molecule has 1 aliphatic heterocycles. The number of sulfonamides is 1. The van der Waals surface area contributed by atoms with Gasteiger partial charge < -0.3 is 0 Å². The molecule has 1 aliphatic rings. The standard InChI is InChI=1S/C27H30FN5O2S/c1-19(2)17-31-12-13-32(36(34,35)27-6-4-5-11-29-27)18-26(31)24-15-21-16-30-33(25(21)14-20(24)3)23-9-7-22(28)8-10-23/h4-11,14-16,19,26H,12-13,17-18H2,1-3H3/t26-/m0/s1. The summed E-state index contributed by atoms with van der Waals surface area (Å²) in [5.41, 5.74) is 3.85. The maximum absolute atomic E-state index is 13.4. The lowest BCUT2D eigenvalue weighted by Crippen LogP contribution is -2.51. The molecule has 0 unspecified atom stereocenters. The van der Waals surface area contributed by atoms with E-state index in [1.165, 1.54) is 18.3 Å². The van der Waals surface area contributed by atoms with Crippen LogP contribution in [0.4, 0.5) is 4.39 Å². The normalized spacial score (nSPS) is 17.8. The Labute approximate surface area is 211 Å². The predicted molar refractivity (Wildman–Crippen MR) is 138 cm³/mol. The molecule has 0 bridgehead atoms. The van der Waals surface area contributed by atoms with Gasteiger partial charge in [0.1, 0.15) is 5.82 Å². The van der Waals surface area contributed by atoms with Crippen molar-refractivity contribution in [3.05, 3.63) is 83.9 Å². The summed E-state index contributed by atoms with van der Waals surface area (Å²) >= 11 is 0. The lowest BCUT2D eigenvalue weighted by Gasteiger charge is -2.42. The van der Waals surface area contributed by atoms with Gasteiger partial charge in [-0.15, -0.1) is 0 Å². The molecule has 0 amide bonds. The number of aromatic nitrogens is 3. The Bertz CT molecular complexity index is 1470. The minimum absolute atomic E-state index is 0.0776. The number of pyridine rings is 1. The van der Waals surface area contributed by atoms with Gasteiger partial charge in [-0.25, -0.2) is 22.5 Å². The highest BCUT2D eigenvalue weighted by molar-refractivity contribution is 7.89. The van der Waals surface area contributed by atoms with Gasteiger partial charge in [0, 0.05) is 43.8 Å². The lowest BCUT2D eigenvalue weighted by atomic mass is 9.96. The molecule has 4 aromatic rings. The zero-order valence-electron chi connectivity index (χ0n) is 20.7. The monoisotopic (exact) mass is 507 g/mol. The SMILES string of the molecule is Cc1cc2c(cnn2-c2ccc(F)cc2)cc1[C@@H]1CN(S(=O)(=O)c2ccccn2)CCN1CC(C)C. The van der Waals surface area contributed by atoms with Crippen molar-refractivity contribution in [2.24, 2.45) is 5.92 Å². The number of fused-ring (bicyclic) bond motifs is 1. The van der Waals surface area contributed by atoms with E-state index in [0.29, 0.717) is 25.6 Å². The fourth-order valence-corrected chi connectivity index (χ4v) is 6.34. The predicted octanol–water partition coefficient (Wildman–Crippen LogP) is 4.57. The first kappa shape index (κ1) is 24.5. The van der Waals surface area contributed by atoms with Gasteiger partial charge in [0.15, 0.2) is 5.03 Å². The second-order valence-corrected chi connectivity index (χ2v) is 11.6. The third-order valence-electron chi connectivity index (χ3n) is 6.68. The van der Waals surface area contributed by atoms with Gasteiger partial charge in [-0.1, -0.05) is 19.9 Å². The molecule has 1 atom stereocenters. The van der Waals surface area contributed by atoms with E-state index >= 15 is 0 Å². The van der Waals surface area contributed by atoms with Crippen LogP contribution in [0.1, 0.15) is 31.0 Å². The Hall–Kier alpha value is -3.14. The van der Waals surface area contributed by atoms with Crippen LogP contribution in [0.15, 0.2) is 72.0 Å². The van der Waals surface area contributed by atoms with Crippen molar-refractivity contribution in [1.82, 2.24) is 24.0 Å². The third kappa shape index (κ3) is 4.66. The average Bonchev–Trinajstić information content (AvgIpc) is 3.27. The van der Waals surface area contributed by atoms with Gasteiger partial charge in [0.25, 0.3) is 10.0 Å². The van der Waals surface area contributed by atoms with Crippen LogP contribution >= 0.6 is 0 Å². The van der Waals surface area contributed by atoms with Crippen molar-refractivity contribution >= 4 is 20.9 Å². The number of aryl methyl sites for hydroxylation is 1. The molecule has 1 fully saturated rings. The maximum Gasteiger partial charge on any atom is 0.260 e. The molecule has 0 N–H and O–H groups in total. The van der Waals surface area contributed by atoms with Crippen molar-refractivity contribution in [2.75, 3.05) is 26.2 Å². The zero-order valence-corrected chi connectivity index (χ0v) is 21.5. The van der Waals surface area contributed by atoms with Crippen LogP contribution < -0.4 is 0 Å². The molecule has 5 rings (SSSR count). The Balaban J connectivity index is 1.53. The summed E-state index contributed by atoms with van der Waals surface area (Å²) in [5, 5.41) is 5.58. The number of piperazine rings is 1. The number of hydrogen-bond donors (Lipinski definition) is 0. The van der Waals surface area contributed by atoms with Crippen LogP contribution in [0.3, 0.4) is 0 Å². The summed E-state index contributed by atoms with van der Waals surface area (Å²) < 4.78 is 43.5. The summed E-state index contributed by atoms with van der Waals surface area (Å²) in [7, 11) is -3.70. The van der Waals surface area contributed by atoms with Crippen molar-refractivity contribution in [2.45, 2.75) is 31.8 Å². The van der Waals surface area contributed by atoms with E-state index < -0.39 is 10.0 Å². The van der Waals surface area contributed by atoms with E-state index in [1.807, 2.05) is 0 Å². The van der Waals surface area contributed by atoms with E-state index in [4.69, 9.17) is 0 Å². The van der Waals surface area contributed by atoms with Crippen LogP contribution in [0.25, 0.3) is 16.6 Å². The van der Waals surface area contributed by atoms with Crippen LogP contribution in [0.5, 0.6) is 0 Å². The highest BCUT2D eigenvalue weighted by Crippen LogP contribution is 2.34. The molecule has 0 aliphatic carbocycles. The van der Waals surface area contributed by atoms with Crippen molar-refractivity contribution in [1.29, 1.82) is 0 Å². The molecule has 2 aromatic heterocycles. The second kappa shape index (κ2) is 9.72. The quantitative estimate of drug-likeness (QED) is 0.382. The van der Waals surface area contributed by atoms with Gasteiger partial charge in [0.2, 0.25) is 0 Å². The summed E-state index contributed by atoms with van der Waals surface area (Å²) in [6.45, 7) is 8.69. The van der Waals surface area contributed by atoms with Gasteiger partial charge in [0.05, 0.1) is 17.4 Å². The highest BCUT2D eigenvalue weighted by atomic mass is 32.2. The molecule has 36 heavy (non-hydrogen) atoms. The topological polar surface area (TPSA) is 71.3 Å². The van der Waals surface area contributed by atoms with Crippen LogP contribution in [0, 0.1) is 18.7 Å². The zero-order chi connectivity index (χ0) is 25.4. The molecule has 0 saturated carbocycles. The Morgan fingerprint density at radius 2 is 1.86 bits per heavy atom. The molecular weight excluding hydrogens is 477 g/mol. The van der Waals surface area contributed by atoms with Crippen LogP contribution in [-0.2, 0) is 10.0 Å². The van der Waals surface area contributed by atoms with Crippen LogP contribution in [-0.4, -0.2) is 58.6 Å². The fraction of sp³-hybridized carbons (Fsp3) is 0.333. The van der Waals surface area contributed by atoms with Gasteiger partial charge in [-0.3, -0.25) is 4.90 Å². The lowest BCUT2D eigenvalue weighted by molar-refractivity contribution is 0.105. The first-order chi connectivity index (χ1) is 17.2. The first-order valence-electron chi connectivity index (χ1n) is 12.1. The second-order valence-electron chi connectivity index (χ2n) is 9.74. The fourth-order valence-electron chi connectivity index (χ4n) is 4.97. The van der Waals surface area contributed by atoms with Gasteiger partial charge >= 0.3 is 0 Å². The van der Waals surface area contributed by atoms with Gasteiger partial charge in [-0.05, 0) is 72.5 Å². The number of halogens is 1. The maximum atomic E-state index is 13.4. The third-order valence-corrected chi connectivity index (χ3v) is 8.46. The van der Waals surface area contributed by atoms with E-state index in [-0.39, 0.29) is 16.9 Å². The molecule has 1 saturated heterocycles. The molecule has 7 nitrogen and oxygen atoms in total. The molecule has 9 heteroatoms. The minimum Gasteiger partial charge on any atom is -0.293 e. The van der Waals surface area contributed by atoms with E-state index in [2.05, 4.69) is 47.9 Å². The summed E-state index contributed by atoms with van der Waals surface area (Å²) in [6, 6.07) is 15.3. The Morgan fingerprint density at radius 3 is 2.56 bits per heavy atom. The number of hydrogen-bond acceptors (Lipinski definition) is 5. The van der Waals surface area contributed by atoms with E-state index in [0.717, 1.165) is 34.3 Å². The van der Waals surface area contributed by atoms with Crippen molar-refractivity contribution in [3.63, 3.8) is 0 Å². The highest BCUT2D eigenvalue weighted by Gasteiger charge is 2.36. The number of rotatable bonds is 6. The summed E-state index contributed by atoms with van der Waals surface area (Å²) in [4.78, 5) is 6.49. The minimum atomic E-state index is -3.70. The van der Waals surface area contributed by atoms with Crippen molar-refractivity contribution in [3.8, 4) is 5.69 Å². The first-order valence-corrected chi connectivity index (χ1v) is 13.6. The summed E-state index contributed by atoms with van der Waals surface area (Å²) in [5.74, 6) is 0.151. The smallest absolute Gasteiger partial charge is 0.260 e. The van der Waals surface area contributed by atoms with E-state index in [1.54, 1.807) is 45.5 Å². The molecule has 188 valence electrons. The van der Waals surface area contributed by atoms with E-state index in [9.17, 15) is 12.8 Å².